The molecule has 3 rings (SSSR count). The third-order valence-electron chi connectivity index (χ3n) is 4.19. The molecular weight excluding hydrogens is 357 g/mol. The van der Waals surface area contributed by atoms with E-state index in [4.69, 9.17) is 0 Å². The molecule has 1 aromatic heterocycles. The van der Waals surface area contributed by atoms with Gasteiger partial charge in [0, 0.05) is 32.0 Å². The third kappa shape index (κ3) is 5.03. The van der Waals surface area contributed by atoms with E-state index in [1.54, 1.807) is 30.3 Å². The molecule has 0 aliphatic heterocycles. The second-order valence-corrected chi connectivity index (χ2v) is 6.47. The second kappa shape index (κ2) is 8.94. The zero-order valence-corrected chi connectivity index (χ0v) is 15.8. The van der Waals surface area contributed by atoms with Crippen LogP contribution in [0.15, 0.2) is 60.7 Å². The number of rotatable bonds is 7. The molecule has 144 valence electrons. The largest absolute Gasteiger partial charge is 0.378 e. The smallest absolute Gasteiger partial charge is 0.271 e. The molecule has 28 heavy (non-hydrogen) atoms. The highest BCUT2D eigenvalue weighted by Gasteiger charge is 2.09. The number of amides is 1. The van der Waals surface area contributed by atoms with Crippen LogP contribution in [0, 0.1) is 5.82 Å². The molecule has 0 saturated heterocycles. The summed E-state index contributed by atoms with van der Waals surface area (Å²) in [6.45, 7) is 0.319. The summed E-state index contributed by atoms with van der Waals surface area (Å²) in [6, 6.07) is 17.7. The summed E-state index contributed by atoms with van der Waals surface area (Å²) in [4.78, 5) is 14.2. The molecule has 0 atom stereocenters. The van der Waals surface area contributed by atoms with E-state index in [1.165, 1.54) is 6.07 Å². The van der Waals surface area contributed by atoms with E-state index in [1.807, 2.05) is 43.3 Å². The molecule has 6 nitrogen and oxygen atoms in total. The summed E-state index contributed by atoms with van der Waals surface area (Å²) in [7, 11) is 3.96. The first kappa shape index (κ1) is 19.3. The number of hydrogen-bond donors (Lipinski definition) is 2. The first-order chi connectivity index (χ1) is 13.5. The van der Waals surface area contributed by atoms with Crippen molar-refractivity contribution in [1.29, 1.82) is 0 Å². The van der Waals surface area contributed by atoms with Crippen LogP contribution in [0.2, 0.25) is 0 Å². The second-order valence-electron chi connectivity index (χ2n) is 6.47. The minimum Gasteiger partial charge on any atom is -0.378 e. The molecule has 0 aliphatic carbocycles. The molecule has 3 aromatic rings. The summed E-state index contributed by atoms with van der Waals surface area (Å²) < 4.78 is 13.6. The van der Waals surface area contributed by atoms with Crippen LogP contribution >= 0.6 is 0 Å². The number of anilines is 3. The van der Waals surface area contributed by atoms with Gasteiger partial charge < -0.3 is 15.5 Å². The van der Waals surface area contributed by atoms with E-state index in [9.17, 15) is 9.18 Å². The van der Waals surface area contributed by atoms with Crippen LogP contribution in [0.3, 0.4) is 0 Å². The molecular formula is C21H22FN5O. The quantitative estimate of drug-likeness (QED) is 0.658. The molecule has 2 aromatic carbocycles. The summed E-state index contributed by atoms with van der Waals surface area (Å²) in [5, 5.41) is 13.9. The normalized spacial score (nSPS) is 10.4. The van der Waals surface area contributed by atoms with Crippen molar-refractivity contribution in [3.8, 4) is 0 Å². The Bertz CT molecular complexity index is 926. The van der Waals surface area contributed by atoms with Crippen LogP contribution < -0.4 is 15.5 Å². The van der Waals surface area contributed by atoms with E-state index in [-0.39, 0.29) is 17.4 Å². The summed E-state index contributed by atoms with van der Waals surface area (Å²) in [5.74, 6) is -0.0724. The first-order valence-electron chi connectivity index (χ1n) is 8.92. The van der Waals surface area contributed by atoms with Crippen LogP contribution in [0.25, 0.3) is 0 Å². The van der Waals surface area contributed by atoms with Gasteiger partial charge in [-0.05, 0) is 54.4 Å². The molecule has 2 N–H and O–H groups in total. The molecule has 0 aliphatic rings. The topological polar surface area (TPSA) is 70.2 Å². The summed E-state index contributed by atoms with van der Waals surface area (Å²) in [6.07, 6.45) is 0.411. The first-order valence-corrected chi connectivity index (χ1v) is 8.92. The third-order valence-corrected chi connectivity index (χ3v) is 4.19. The van der Waals surface area contributed by atoms with Crippen LogP contribution in [0.4, 0.5) is 21.6 Å². The fourth-order valence-corrected chi connectivity index (χ4v) is 2.61. The standard InChI is InChI=1S/C21H22FN5O/c1-27(2)17-9-7-16(8-10-17)24-20-12-11-19(25-26-20)21(28)23-14-13-15-5-3-4-6-18(15)22/h3-12H,13-14H2,1-2H3,(H,23,28)(H,24,26). The molecule has 7 heteroatoms. The van der Waals surface area contributed by atoms with Crippen molar-refractivity contribution in [3.05, 3.63) is 77.7 Å². The Morgan fingerprint density at radius 2 is 1.75 bits per heavy atom. The number of nitrogens with zero attached hydrogens (tertiary/aromatic N) is 3. The number of nitrogens with one attached hydrogen (secondary N) is 2. The van der Waals surface area contributed by atoms with Gasteiger partial charge in [-0.25, -0.2) is 4.39 Å². The Labute approximate surface area is 163 Å². The molecule has 0 saturated carbocycles. The highest BCUT2D eigenvalue weighted by Crippen LogP contribution is 2.18. The average Bonchev–Trinajstić information content (AvgIpc) is 2.70. The number of halogens is 1. The minimum atomic E-state index is -0.342. The van der Waals surface area contributed by atoms with Crippen LogP contribution in [-0.2, 0) is 6.42 Å². The predicted molar refractivity (Wildman–Crippen MR) is 109 cm³/mol. The van der Waals surface area contributed by atoms with Crippen molar-refractivity contribution in [2.75, 3.05) is 30.9 Å². The monoisotopic (exact) mass is 379 g/mol. The van der Waals surface area contributed by atoms with Crippen molar-refractivity contribution < 1.29 is 9.18 Å². The maximum atomic E-state index is 13.6. The maximum absolute atomic E-state index is 13.6. The highest BCUT2D eigenvalue weighted by atomic mass is 19.1. The summed E-state index contributed by atoms with van der Waals surface area (Å²) in [5.41, 5.74) is 2.75. The van der Waals surface area contributed by atoms with Gasteiger partial charge in [-0.2, -0.15) is 0 Å². The zero-order chi connectivity index (χ0) is 19.9. The lowest BCUT2D eigenvalue weighted by molar-refractivity contribution is 0.0948. The molecule has 0 unspecified atom stereocenters. The zero-order valence-electron chi connectivity index (χ0n) is 15.8. The maximum Gasteiger partial charge on any atom is 0.271 e. The van der Waals surface area contributed by atoms with Gasteiger partial charge in [0.05, 0.1) is 0 Å². The number of carbonyl (C=O) groups excluding carboxylic acids is 1. The van der Waals surface area contributed by atoms with Crippen molar-refractivity contribution in [1.82, 2.24) is 15.5 Å². The number of hydrogen-bond acceptors (Lipinski definition) is 5. The number of benzene rings is 2. The van der Waals surface area contributed by atoms with Crippen LogP contribution in [0.5, 0.6) is 0 Å². The van der Waals surface area contributed by atoms with Crippen molar-refractivity contribution in [2.24, 2.45) is 0 Å². The summed E-state index contributed by atoms with van der Waals surface area (Å²) >= 11 is 0. The van der Waals surface area contributed by atoms with E-state index < -0.39 is 0 Å². The Morgan fingerprint density at radius 1 is 1.00 bits per heavy atom. The highest BCUT2D eigenvalue weighted by molar-refractivity contribution is 5.92. The fraction of sp³-hybridized carbons (Fsp3) is 0.190. The van der Waals surface area contributed by atoms with Crippen LogP contribution in [0.1, 0.15) is 16.1 Å². The molecule has 0 bridgehead atoms. The van der Waals surface area contributed by atoms with E-state index >= 15 is 0 Å². The van der Waals surface area contributed by atoms with Gasteiger partial charge in [0.1, 0.15) is 5.82 Å². The molecule has 0 spiro atoms. The molecule has 1 heterocycles. The van der Waals surface area contributed by atoms with Gasteiger partial charge >= 0.3 is 0 Å². The van der Waals surface area contributed by atoms with E-state index in [2.05, 4.69) is 20.8 Å². The van der Waals surface area contributed by atoms with E-state index in [0.29, 0.717) is 24.3 Å². The SMILES string of the molecule is CN(C)c1ccc(Nc2ccc(C(=O)NCCc3ccccc3F)nn2)cc1. The van der Waals surface area contributed by atoms with Gasteiger partial charge in [-0.1, -0.05) is 18.2 Å². The molecule has 1 amide bonds. The molecule has 0 fully saturated rings. The van der Waals surface area contributed by atoms with Crippen molar-refractivity contribution >= 4 is 23.1 Å². The van der Waals surface area contributed by atoms with E-state index in [0.717, 1.165) is 11.4 Å². The molecule has 0 radical (unpaired) electrons. The van der Waals surface area contributed by atoms with Crippen molar-refractivity contribution in [3.63, 3.8) is 0 Å². The Hall–Kier alpha value is -3.48. The Morgan fingerprint density at radius 3 is 2.39 bits per heavy atom. The predicted octanol–water partition coefficient (Wildman–Crippen LogP) is 3.40. The fourth-order valence-electron chi connectivity index (χ4n) is 2.61. The Balaban J connectivity index is 1.53. The van der Waals surface area contributed by atoms with Gasteiger partial charge in [-0.15, -0.1) is 10.2 Å². The van der Waals surface area contributed by atoms with Crippen LogP contribution in [-0.4, -0.2) is 36.7 Å². The lowest BCUT2D eigenvalue weighted by Crippen LogP contribution is -2.27. The Kier molecular flexibility index (Phi) is 6.16. The lowest BCUT2D eigenvalue weighted by Gasteiger charge is -2.13. The van der Waals surface area contributed by atoms with Gasteiger partial charge in [0.15, 0.2) is 11.5 Å². The van der Waals surface area contributed by atoms with Crippen molar-refractivity contribution in [2.45, 2.75) is 6.42 Å². The van der Waals surface area contributed by atoms with Gasteiger partial charge in [0.25, 0.3) is 5.91 Å². The number of aromatic nitrogens is 2. The van der Waals surface area contributed by atoms with Gasteiger partial charge in [0.2, 0.25) is 0 Å². The number of carbonyl (C=O) groups is 1. The minimum absolute atomic E-state index is 0.210. The lowest BCUT2D eigenvalue weighted by atomic mass is 10.1. The van der Waals surface area contributed by atoms with Gasteiger partial charge in [-0.3, -0.25) is 4.79 Å². The average molecular weight is 379 g/mol.